The van der Waals surface area contributed by atoms with Crippen LogP contribution in [0.5, 0.6) is 0 Å². The molecule has 16 heavy (non-hydrogen) atoms. The highest BCUT2D eigenvalue weighted by atomic mass is 16.5. The van der Waals surface area contributed by atoms with Crippen molar-refractivity contribution in [3.8, 4) is 0 Å². The van der Waals surface area contributed by atoms with Crippen molar-refractivity contribution in [1.29, 1.82) is 0 Å². The molecule has 2 unspecified atom stereocenters. The Morgan fingerprint density at radius 2 is 2.00 bits per heavy atom. The number of nitrogens with zero attached hydrogens (tertiary/aromatic N) is 1. The fourth-order valence-electron chi connectivity index (χ4n) is 3.65. The Morgan fingerprint density at radius 1 is 1.25 bits per heavy atom. The number of fused-ring (bicyclic) bond motifs is 1. The van der Waals surface area contributed by atoms with Crippen molar-refractivity contribution in [3.63, 3.8) is 0 Å². The molecule has 0 bridgehead atoms. The standard InChI is InChI=1S/C13H24NO2/c1-11(15)16-10-12-6-5-9-14(2)8-4-3-7-13(12)14/h12-13H,3-10H2,1-2H3/q+1/t12-,13?,14?/m1/s1. The van der Waals surface area contributed by atoms with Gasteiger partial charge in [0.15, 0.2) is 0 Å². The number of carbonyl (C=O) groups is 1. The van der Waals surface area contributed by atoms with E-state index in [1.807, 2.05) is 0 Å². The molecule has 3 atom stereocenters. The van der Waals surface area contributed by atoms with Crippen LogP contribution in [0.4, 0.5) is 0 Å². The van der Waals surface area contributed by atoms with Crippen molar-refractivity contribution in [2.45, 2.75) is 45.1 Å². The molecule has 0 radical (unpaired) electrons. The van der Waals surface area contributed by atoms with Crippen molar-refractivity contribution in [2.75, 3.05) is 26.7 Å². The first-order chi connectivity index (χ1) is 7.62. The fourth-order valence-corrected chi connectivity index (χ4v) is 3.65. The number of ether oxygens (including phenoxy) is 1. The fraction of sp³-hybridized carbons (Fsp3) is 0.923. The van der Waals surface area contributed by atoms with Gasteiger partial charge in [-0.3, -0.25) is 4.79 Å². The summed E-state index contributed by atoms with van der Waals surface area (Å²) in [4.78, 5) is 10.9. The zero-order valence-electron chi connectivity index (χ0n) is 10.6. The molecule has 0 N–H and O–H groups in total. The summed E-state index contributed by atoms with van der Waals surface area (Å²) in [6.45, 7) is 4.80. The molecular weight excluding hydrogens is 202 g/mol. The van der Waals surface area contributed by atoms with E-state index >= 15 is 0 Å². The number of rotatable bonds is 2. The number of hydrogen-bond acceptors (Lipinski definition) is 2. The summed E-state index contributed by atoms with van der Waals surface area (Å²) in [5.41, 5.74) is 0. The first-order valence-electron chi connectivity index (χ1n) is 6.59. The lowest BCUT2D eigenvalue weighted by Crippen LogP contribution is -2.61. The second-order valence-corrected chi connectivity index (χ2v) is 5.69. The van der Waals surface area contributed by atoms with E-state index < -0.39 is 0 Å². The molecule has 0 aromatic heterocycles. The van der Waals surface area contributed by atoms with Crippen molar-refractivity contribution in [3.05, 3.63) is 0 Å². The van der Waals surface area contributed by atoms with Crippen LogP contribution in [0.1, 0.15) is 39.0 Å². The Kier molecular flexibility index (Phi) is 3.53. The van der Waals surface area contributed by atoms with Crippen LogP contribution in [0.15, 0.2) is 0 Å². The van der Waals surface area contributed by atoms with Gasteiger partial charge in [0.05, 0.1) is 32.8 Å². The quantitative estimate of drug-likeness (QED) is 0.531. The summed E-state index contributed by atoms with van der Waals surface area (Å²) in [5.74, 6) is 0.471. The minimum Gasteiger partial charge on any atom is -0.465 e. The largest absolute Gasteiger partial charge is 0.465 e. The van der Waals surface area contributed by atoms with Gasteiger partial charge in [0.25, 0.3) is 0 Å². The predicted octanol–water partition coefficient (Wildman–Crippen LogP) is 1.96. The molecule has 0 amide bonds. The minimum atomic E-state index is -0.129. The molecule has 2 saturated heterocycles. The van der Waals surface area contributed by atoms with E-state index in [9.17, 15) is 4.79 Å². The van der Waals surface area contributed by atoms with Gasteiger partial charge in [0.2, 0.25) is 0 Å². The van der Waals surface area contributed by atoms with Crippen LogP contribution in [-0.4, -0.2) is 43.2 Å². The third-order valence-electron chi connectivity index (χ3n) is 4.51. The van der Waals surface area contributed by atoms with Gasteiger partial charge in [-0.2, -0.15) is 0 Å². The summed E-state index contributed by atoms with van der Waals surface area (Å²) >= 11 is 0. The van der Waals surface area contributed by atoms with Crippen LogP contribution in [0.25, 0.3) is 0 Å². The van der Waals surface area contributed by atoms with Gasteiger partial charge >= 0.3 is 5.97 Å². The molecule has 92 valence electrons. The molecule has 0 aromatic rings. The molecule has 0 aromatic carbocycles. The molecule has 2 aliphatic heterocycles. The maximum absolute atomic E-state index is 10.9. The highest BCUT2D eigenvalue weighted by molar-refractivity contribution is 5.65. The normalized spacial score (nSPS) is 38.9. The topological polar surface area (TPSA) is 26.3 Å². The second kappa shape index (κ2) is 4.74. The minimum absolute atomic E-state index is 0.129. The van der Waals surface area contributed by atoms with E-state index in [0.29, 0.717) is 12.5 Å². The van der Waals surface area contributed by atoms with Crippen LogP contribution in [0.2, 0.25) is 0 Å². The maximum Gasteiger partial charge on any atom is 0.302 e. The number of piperidine rings is 2. The van der Waals surface area contributed by atoms with E-state index in [4.69, 9.17) is 4.74 Å². The highest BCUT2D eigenvalue weighted by Crippen LogP contribution is 2.35. The van der Waals surface area contributed by atoms with Crippen LogP contribution in [-0.2, 0) is 9.53 Å². The Hall–Kier alpha value is -0.570. The van der Waals surface area contributed by atoms with E-state index in [0.717, 1.165) is 6.04 Å². The Morgan fingerprint density at radius 3 is 2.75 bits per heavy atom. The SMILES string of the molecule is CC(=O)OC[C@H]1CCC[N+]2(C)CCCCC12. The van der Waals surface area contributed by atoms with Gasteiger partial charge in [-0.1, -0.05) is 0 Å². The number of hydrogen-bond donors (Lipinski definition) is 0. The zero-order valence-corrected chi connectivity index (χ0v) is 10.6. The molecule has 3 heteroatoms. The second-order valence-electron chi connectivity index (χ2n) is 5.69. The number of carbonyl (C=O) groups excluding carboxylic acids is 1. The molecular formula is C13H24NO2+. The van der Waals surface area contributed by atoms with Gasteiger partial charge in [0, 0.05) is 19.3 Å². The molecule has 0 saturated carbocycles. The first kappa shape index (κ1) is 11.9. The van der Waals surface area contributed by atoms with Crippen LogP contribution >= 0.6 is 0 Å². The van der Waals surface area contributed by atoms with Crippen molar-refractivity contribution in [2.24, 2.45) is 5.92 Å². The van der Waals surface area contributed by atoms with Crippen molar-refractivity contribution < 1.29 is 14.0 Å². The molecule has 2 rings (SSSR count). The van der Waals surface area contributed by atoms with E-state index in [-0.39, 0.29) is 5.97 Å². The summed E-state index contributed by atoms with van der Waals surface area (Å²) in [5, 5.41) is 0. The lowest BCUT2D eigenvalue weighted by molar-refractivity contribution is -0.947. The van der Waals surface area contributed by atoms with E-state index in [1.165, 1.54) is 56.6 Å². The summed E-state index contributed by atoms with van der Waals surface area (Å²) < 4.78 is 6.45. The lowest BCUT2D eigenvalue weighted by Gasteiger charge is -2.51. The van der Waals surface area contributed by atoms with Crippen molar-refractivity contribution in [1.82, 2.24) is 0 Å². The maximum atomic E-state index is 10.9. The van der Waals surface area contributed by atoms with Crippen molar-refractivity contribution >= 4 is 5.97 Å². The predicted molar refractivity (Wildman–Crippen MR) is 62.9 cm³/mol. The third-order valence-corrected chi connectivity index (χ3v) is 4.51. The molecule has 2 heterocycles. The van der Waals surface area contributed by atoms with Gasteiger partial charge in [-0.25, -0.2) is 0 Å². The van der Waals surface area contributed by atoms with Crippen LogP contribution in [0, 0.1) is 5.92 Å². The smallest absolute Gasteiger partial charge is 0.302 e. The van der Waals surface area contributed by atoms with E-state index in [2.05, 4.69) is 7.05 Å². The monoisotopic (exact) mass is 226 g/mol. The van der Waals surface area contributed by atoms with Gasteiger partial charge in [-0.05, 0) is 25.7 Å². The zero-order chi connectivity index (χ0) is 11.6. The Labute approximate surface area is 98.4 Å². The molecule has 2 aliphatic rings. The van der Waals surface area contributed by atoms with Crippen LogP contribution in [0.3, 0.4) is 0 Å². The van der Waals surface area contributed by atoms with Crippen LogP contribution < -0.4 is 0 Å². The van der Waals surface area contributed by atoms with Gasteiger partial charge in [0.1, 0.15) is 0 Å². The first-order valence-corrected chi connectivity index (χ1v) is 6.59. The molecule has 0 spiro atoms. The van der Waals surface area contributed by atoms with Gasteiger partial charge < -0.3 is 9.22 Å². The number of esters is 1. The lowest BCUT2D eigenvalue weighted by atomic mass is 9.82. The summed E-state index contributed by atoms with van der Waals surface area (Å²) in [6.07, 6.45) is 6.58. The molecule has 3 nitrogen and oxygen atoms in total. The Balaban J connectivity index is 1.99. The Bertz CT molecular complexity index is 263. The molecule has 0 aliphatic carbocycles. The summed E-state index contributed by atoms with van der Waals surface area (Å²) in [7, 11) is 2.39. The average molecular weight is 226 g/mol. The highest BCUT2D eigenvalue weighted by Gasteiger charge is 2.43. The molecule has 2 fully saturated rings. The number of quaternary nitrogens is 1. The van der Waals surface area contributed by atoms with E-state index in [1.54, 1.807) is 0 Å². The van der Waals surface area contributed by atoms with Gasteiger partial charge in [-0.15, -0.1) is 0 Å². The summed E-state index contributed by atoms with van der Waals surface area (Å²) in [6, 6.07) is 0.738. The average Bonchev–Trinajstić information content (AvgIpc) is 2.25. The third kappa shape index (κ3) is 2.40.